The third-order valence-corrected chi connectivity index (χ3v) is 8.01. The molecule has 0 saturated carbocycles. The Kier molecular flexibility index (Phi) is 8.74. The summed E-state index contributed by atoms with van der Waals surface area (Å²) in [5.74, 6) is 0.998. The van der Waals surface area contributed by atoms with Gasteiger partial charge in [-0.1, -0.05) is 30.3 Å². The smallest absolute Gasteiger partial charge is 0.251 e. The summed E-state index contributed by atoms with van der Waals surface area (Å²) in [5, 5.41) is 6.95. The number of benzene rings is 2. The molecule has 0 atom stereocenters. The summed E-state index contributed by atoms with van der Waals surface area (Å²) in [6, 6.07) is 18.3. The lowest BCUT2D eigenvalue weighted by Gasteiger charge is -2.33. The molecule has 1 aromatic heterocycles. The van der Waals surface area contributed by atoms with E-state index < -0.39 is 0 Å². The number of anilines is 1. The summed E-state index contributed by atoms with van der Waals surface area (Å²) in [6.07, 6.45) is 1.73. The van der Waals surface area contributed by atoms with Crippen LogP contribution in [0.1, 0.15) is 34.3 Å². The van der Waals surface area contributed by atoms with Crippen LogP contribution < -0.4 is 15.5 Å². The predicted molar refractivity (Wildman–Crippen MR) is 156 cm³/mol. The van der Waals surface area contributed by atoms with Crippen LogP contribution in [0.5, 0.6) is 0 Å². The Labute approximate surface area is 231 Å². The number of hydrogen-bond acceptors (Lipinski definition) is 6. The number of amides is 2. The minimum absolute atomic E-state index is 0.0411. The van der Waals surface area contributed by atoms with Crippen LogP contribution >= 0.6 is 0 Å². The van der Waals surface area contributed by atoms with E-state index in [2.05, 4.69) is 69.6 Å². The fourth-order valence-corrected chi connectivity index (χ4v) is 5.52. The Balaban J connectivity index is 1.06. The summed E-state index contributed by atoms with van der Waals surface area (Å²) in [5.41, 5.74) is 3.94. The lowest BCUT2D eigenvalue weighted by atomic mass is 9.95. The number of rotatable bonds is 8. The van der Waals surface area contributed by atoms with Gasteiger partial charge in [-0.15, -0.1) is 0 Å². The first kappa shape index (κ1) is 27.1. The molecule has 2 N–H and O–H groups in total. The van der Waals surface area contributed by atoms with Crippen LogP contribution in [0.15, 0.2) is 54.6 Å². The van der Waals surface area contributed by atoms with Gasteiger partial charge in [0.2, 0.25) is 5.91 Å². The summed E-state index contributed by atoms with van der Waals surface area (Å²) in [7, 11) is 2.15. The van der Waals surface area contributed by atoms with Gasteiger partial charge in [-0.05, 0) is 75.3 Å². The molecule has 2 aromatic carbocycles. The summed E-state index contributed by atoms with van der Waals surface area (Å²) < 4.78 is 0. The van der Waals surface area contributed by atoms with Crippen LogP contribution in [0.2, 0.25) is 0 Å². The lowest BCUT2D eigenvalue weighted by Crippen LogP contribution is -2.44. The minimum Gasteiger partial charge on any atom is -0.354 e. The van der Waals surface area contributed by atoms with Crippen molar-refractivity contribution in [1.29, 1.82) is 0 Å². The van der Waals surface area contributed by atoms with E-state index in [0.29, 0.717) is 18.7 Å². The first-order valence-electron chi connectivity index (χ1n) is 14.1. The van der Waals surface area contributed by atoms with Crippen LogP contribution in [-0.4, -0.2) is 86.0 Å². The van der Waals surface area contributed by atoms with Crippen LogP contribution in [0.3, 0.4) is 0 Å². The number of fused-ring (bicyclic) bond motifs is 1. The molecule has 39 heavy (non-hydrogen) atoms. The molecule has 2 saturated heterocycles. The van der Waals surface area contributed by atoms with Crippen molar-refractivity contribution in [3.8, 4) is 0 Å². The Bertz CT molecular complexity index is 1280. The Morgan fingerprint density at radius 3 is 2.36 bits per heavy atom. The average Bonchev–Trinajstić information content (AvgIpc) is 2.96. The van der Waals surface area contributed by atoms with E-state index in [1.165, 1.54) is 5.56 Å². The van der Waals surface area contributed by atoms with Crippen LogP contribution in [0, 0.1) is 12.8 Å². The van der Waals surface area contributed by atoms with E-state index in [-0.39, 0.29) is 17.7 Å². The van der Waals surface area contributed by atoms with E-state index in [4.69, 9.17) is 4.98 Å². The van der Waals surface area contributed by atoms with E-state index in [9.17, 15) is 9.59 Å². The van der Waals surface area contributed by atoms with Gasteiger partial charge in [-0.3, -0.25) is 14.5 Å². The molecule has 2 aliphatic rings. The van der Waals surface area contributed by atoms with E-state index in [1.807, 2.05) is 24.3 Å². The molecule has 8 heteroatoms. The number of likely N-dealkylation sites (N-methyl/N-ethyl adjacent to an activating group) is 1. The first-order valence-corrected chi connectivity index (χ1v) is 14.1. The number of piperazine rings is 1. The van der Waals surface area contributed by atoms with Crippen LogP contribution in [-0.2, 0) is 11.3 Å². The highest BCUT2D eigenvalue weighted by Gasteiger charge is 2.24. The van der Waals surface area contributed by atoms with Gasteiger partial charge in [-0.2, -0.15) is 0 Å². The van der Waals surface area contributed by atoms with Gasteiger partial charge < -0.3 is 20.4 Å². The fraction of sp³-hybridized carbons (Fsp3) is 0.452. The number of carbonyl (C=O) groups is 2. The normalized spacial score (nSPS) is 17.3. The molecule has 2 amide bonds. The zero-order valence-electron chi connectivity index (χ0n) is 23.2. The Hall–Kier alpha value is -3.49. The summed E-state index contributed by atoms with van der Waals surface area (Å²) in [4.78, 5) is 37.4. The third-order valence-electron chi connectivity index (χ3n) is 8.01. The highest BCUT2D eigenvalue weighted by Crippen LogP contribution is 2.24. The predicted octanol–water partition coefficient (Wildman–Crippen LogP) is 3.05. The number of piperidine rings is 1. The average molecular weight is 529 g/mol. The van der Waals surface area contributed by atoms with Crippen molar-refractivity contribution in [1.82, 2.24) is 25.4 Å². The molecule has 3 aromatic rings. The number of aromatic nitrogens is 1. The number of nitrogens with zero attached hydrogens (tertiary/aromatic N) is 4. The van der Waals surface area contributed by atoms with Crippen molar-refractivity contribution in [2.45, 2.75) is 26.3 Å². The van der Waals surface area contributed by atoms with Crippen molar-refractivity contribution < 1.29 is 9.59 Å². The third kappa shape index (κ3) is 6.94. The number of likely N-dealkylation sites (tertiary alicyclic amines) is 1. The highest BCUT2D eigenvalue weighted by molar-refractivity contribution is 5.98. The fourth-order valence-electron chi connectivity index (χ4n) is 5.52. The molecule has 0 radical (unpaired) electrons. The van der Waals surface area contributed by atoms with Gasteiger partial charge in [-0.25, -0.2) is 4.98 Å². The van der Waals surface area contributed by atoms with Crippen molar-refractivity contribution >= 4 is 28.5 Å². The molecular formula is C31H40N6O2. The van der Waals surface area contributed by atoms with Crippen molar-refractivity contribution in [2.24, 2.45) is 5.92 Å². The second-order valence-electron chi connectivity index (χ2n) is 10.9. The zero-order chi connectivity index (χ0) is 27.2. The number of aryl methyl sites for hydroxylation is 1. The van der Waals surface area contributed by atoms with Gasteiger partial charge in [0.05, 0.1) is 5.52 Å². The van der Waals surface area contributed by atoms with Crippen molar-refractivity contribution in [3.63, 3.8) is 0 Å². The van der Waals surface area contributed by atoms with Crippen molar-refractivity contribution in [2.75, 3.05) is 64.3 Å². The molecule has 8 nitrogen and oxygen atoms in total. The summed E-state index contributed by atoms with van der Waals surface area (Å²) >= 11 is 0. The number of nitrogens with one attached hydrogen (secondary N) is 2. The van der Waals surface area contributed by atoms with Gasteiger partial charge in [0.15, 0.2) is 0 Å². The molecule has 3 heterocycles. The standard InChI is InChI=1S/C31H40N6O2/c1-23-20-29(37-18-16-35(2)17-19-37)34-28-9-8-26(21-27(23)28)31(39)33-13-12-32-30(38)25-10-14-36(15-11-25)22-24-6-4-3-5-7-24/h3-9,20-21,25H,10-19,22H2,1-2H3,(H,32,38)(H,33,39). The number of hydrogen-bond donors (Lipinski definition) is 2. The molecule has 0 spiro atoms. The monoisotopic (exact) mass is 528 g/mol. The SMILES string of the molecule is Cc1cc(N2CCN(C)CC2)nc2ccc(C(=O)NCCNC(=O)C3CCN(Cc4ccccc4)CC3)cc12. The van der Waals surface area contributed by atoms with E-state index in [0.717, 1.165) is 80.9 Å². The zero-order valence-corrected chi connectivity index (χ0v) is 23.2. The highest BCUT2D eigenvalue weighted by atomic mass is 16.2. The number of carbonyl (C=O) groups excluding carboxylic acids is 2. The molecule has 2 aliphatic heterocycles. The molecule has 0 bridgehead atoms. The van der Waals surface area contributed by atoms with E-state index in [1.54, 1.807) is 0 Å². The topological polar surface area (TPSA) is 80.8 Å². The maximum absolute atomic E-state index is 12.8. The molecular weight excluding hydrogens is 488 g/mol. The summed E-state index contributed by atoms with van der Waals surface area (Å²) in [6.45, 7) is 9.70. The Morgan fingerprint density at radius 2 is 1.62 bits per heavy atom. The molecule has 5 rings (SSSR count). The van der Waals surface area contributed by atoms with Gasteiger partial charge >= 0.3 is 0 Å². The second kappa shape index (κ2) is 12.6. The molecule has 206 valence electrons. The molecule has 0 aliphatic carbocycles. The first-order chi connectivity index (χ1) is 19.0. The largest absolute Gasteiger partial charge is 0.354 e. The minimum atomic E-state index is -0.136. The molecule has 0 unspecified atom stereocenters. The van der Waals surface area contributed by atoms with Crippen LogP contribution in [0.4, 0.5) is 5.82 Å². The quantitative estimate of drug-likeness (QED) is 0.438. The van der Waals surface area contributed by atoms with Crippen LogP contribution in [0.25, 0.3) is 10.9 Å². The maximum atomic E-state index is 12.8. The maximum Gasteiger partial charge on any atom is 0.251 e. The van der Waals surface area contributed by atoms with Crippen molar-refractivity contribution in [3.05, 3.63) is 71.3 Å². The van der Waals surface area contributed by atoms with Gasteiger partial charge in [0.1, 0.15) is 5.82 Å². The Morgan fingerprint density at radius 1 is 0.897 bits per heavy atom. The van der Waals surface area contributed by atoms with Gasteiger partial charge in [0, 0.05) is 62.7 Å². The lowest BCUT2D eigenvalue weighted by molar-refractivity contribution is -0.126. The van der Waals surface area contributed by atoms with E-state index >= 15 is 0 Å². The molecule has 2 fully saturated rings. The van der Waals surface area contributed by atoms with Gasteiger partial charge in [0.25, 0.3) is 5.91 Å². The number of pyridine rings is 1. The second-order valence-corrected chi connectivity index (χ2v) is 10.9.